The maximum atomic E-state index is 9.91. The van der Waals surface area contributed by atoms with Crippen LogP contribution in [0.4, 0.5) is 5.69 Å². The summed E-state index contributed by atoms with van der Waals surface area (Å²) in [5.41, 5.74) is 0.711. The molecule has 8 heteroatoms. The molecule has 0 fully saturated rings. The summed E-state index contributed by atoms with van der Waals surface area (Å²) in [7, 11) is 0. The van der Waals surface area contributed by atoms with Crippen LogP contribution in [0.3, 0.4) is 0 Å². The number of aliphatic hydroxyl groups is 1. The number of aliphatic imine (C=N–C) groups is 1. The van der Waals surface area contributed by atoms with E-state index in [1.165, 1.54) is 11.8 Å². The van der Waals surface area contributed by atoms with E-state index in [-0.39, 0.29) is 6.61 Å². The van der Waals surface area contributed by atoms with Gasteiger partial charge in [-0.15, -0.1) is 0 Å². The van der Waals surface area contributed by atoms with Crippen molar-refractivity contribution in [1.29, 1.82) is 5.26 Å². The van der Waals surface area contributed by atoms with Gasteiger partial charge >= 0.3 is 0 Å². The van der Waals surface area contributed by atoms with Gasteiger partial charge in [0.2, 0.25) is 0 Å². The zero-order valence-corrected chi connectivity index (χ0v) is 13.4. The van der Waals surface area contributed by atoms with Gasteiger partial charge in [0, 0.05) is 12.4 Å². The number of nitrogens with one attached hydrogen (secondary N) is 1. The van der Waals surface area contributed by atoms with Crippen LogP contribution in [0.15, 0.2) is 48.0 Å². The number of thioether (sulfide) groups is 1. The van der Waals surface area contributed by atoms with Gasteiger partial charge < -0.3 is 14.4 Å². The number of ether oxygens (including phenoxy) is 1. The van der Waals surface area contributed by atoms with Crippen molar-refractivity contribution >= 4 is 22.6 Å². The lowest BCUT2D eigenvalue weighted by molar-refractivity contribution is 0.0925. The molecule has 0 radical (unpaired) electrons. The Morgan fingerprint density at radius 1 is 1.52 bits per heavy atom. The summed E-state index contributed by atoms with van der Waals surface area (Å²) in [6, 6.07) is 7.11. The number of hydrogen-bond acceptors (Lipinski definition) is 6. The predicted molar refractivity (Wildman–Crippen MR) is 89.5 cm³/mol. The Morgan fingerprint density at radius 2 is 2.30 bits per heavy atom. The average molecular weight is 331 g/mol. The Bertz CT molecular complexity index is 664. The molecule has 120 valence electrons. The van der Waals surface area contributed by atoms with Crippen molar-refractivity contribution < 1.29 is 9.84 Å². The molecule has 1 aromatic heterocycles. The van der Waals surface area contributed by atoms with Crippen molar-refractivity contribution in [2.24, 2.45) is 4.99 Å². The normalized spacial score (nSPS) is 12.5. The van der Waals surface area contributed by atoms with Crippen LogP contribution in [-0.2, 0) is 6.54 Å². The fourth-order valence-corrected chi connectivity index (χ4v) is 2.13. The topological polar surface area (TPSA) is 95.5 Å². The minimum Gasteiger partial charge on any atom is -0.491 e. The van der Waals surface area contributed by atoms with Crippen LogP contribution in [0, 0.1) is 11.5 Å². The second-order valence-electron chi connectivity index (χ2n) is 4.58. The van der Waals surface area contributed by atoms with E-state index in [4.69, 9.17) is 10.00 Å². The number of aliphatic hydroxyl groups excluding tert-OH is 1. The first-order valence-electron chi connectivity index (χ1n) is 6.85. The molecule has 0 aliphatic heterocycles. The molecular formula is C15H17N5O2S. The number of benzene rings is 1. The van der Waals surface area contributed by atoms with E-state index >= 15 is 0 Å². The standard InChI is InChI=1S/C15H17N5O2S/c1-23-15(18-10-16)19-12-2-4-14(5-3-12)22-9-13(21)8-20-7-6-17-11-20/h2-7,11,13,21H,8-9H2,1H3,(H,18,19). The molecule has 0 bridgehead atoms. The molecule has 23 heavy (non-hydrogen) atoms. The predicted octanol–water partition coefficient (Wildman–Crippen LogP) is 1.74. The lowest BCUT2D eigenvalue weighted by Gasteiger charge is -2.13. The van der Waals surface area contributed by atoms with Gasteiger partial charge in [-0.05, 0) is 30.5 Å². The van der Waals surface area contributed by atoms with Crippen molar-refractivity contribution in [3.05, 3.63) is 43.0 Å². The van der Waals surface area contributed by atoms with Crippen molar-refractivity contribution in [2.45, 2.75) is 12.6 Å². The highest BCUT2D eigenvalue weighted by Gasteiger charge is 2.06. The van der Waals surface area contributed by atoms with Crippen molar-refractivity contribution in [1.82, 2.24) is 14.9 Å². The van der Waals surface area contributed by atoms with Crippen LogP contribution in [0.1, 0.15) is 0 Å². The van der Waals surface area contributed by atoms with Crippen molar-refractivity contribution in [2.75, 3.05) is 12.9 Å². The molecule has 0 aliphatic rings. The minimum atomic E-state index is -0.621. The fraction of sp³-hybridized carbons (Fsp3) is 0.267. The number of nitrogens with zero attached hydrogens (tertiary/aromatic N) is 4. The first-order valence-corrected chi connectivity index (χ1v) is 8.08. The summed E-state index contributed by atoms with van der Waals surface area (Å²) in [5, 5.41) is 21.5. The molecule has 0 saturated carbocycles. The minimum absolute atomic E-state index is 0.187. The molecule has 2 rings (SSSR count). The largest absolute Gasteiger partial charge is 0.491 e. The number of imidazole rings is 1. The van der Waals surface area contributed by atoms with Gasteiger partial charge in [-0.25, -0.2) is 9.98 Å². The van der Waals surface area contributed by atoms with E-state index in [2.05, 4.69) is 15.3 Å². The van der Waals surface area contributed by atoms with Crippen LogP contribution in [-0.4, -0.2) is 38.8 Å². The van der Waals surface area contributed by atoms with Gasteiger partial charge in [0.05, 0.1) is 18.6 Å². The molecule has 2 N–H and O–H groups in total. The third kappa shape index (κ3) is 5.65. The van der Waals surface area contributed by atoms with E-state index in [1.54, 1.807) is 47.6 Å². The highest BCUT2D eigenvalue weighted by molar-refractivity contribution is 8.13. The van der Waals surface area contributed by atoms with Crippen LogP contribution in [0.25, 0.3) is 0 Å². The quantitative estimate of drug-likeness (QED) is 0.362. The second-order valence-corrected chi connectivity index (χ2v) is 5.37. The Hall–Kier alpha value is -2.50. The van der Waals surface area contributed by atoms with E-state index < -0.39 is 6.10 Å². The zero-order valence-electron chi connectivity index (χ0n) is 12.6. The van der Waals surface area contributed by atoms with E-state index in [0.717, 1.165) is 0 Å². The lowest BCUT2D eigenvalue weighted by atomic mass is 10.3. The number of amidine groups is 1. The third-order valence-corrected chi connectivity index (χ3v) is 3.43. The maximum Gasteiger partial charge on any atom is 0.183 e. The fourth-order valence-electron chi connectivity index (χ4n) is 1.79. The third-order valence-electron chi connectivity index (χ3n) is 2.85. The van der Waals surface area contributed by atoms with Crippen LogP contribution in [0.5, 0.6) is 5.75 Å². The molecule has 1 unspecified atom stereocenters. The summed E-state index contributed by atoms with van der Waals surface area (Å²) in [5.74, 6) is 0.646. The molecule has 1 heterocycles. The average Bonchev–Trinajstić information content (AvgIpc) is 3.06. The molecule has 0 aliphatic carbocycles. The monoisotopic (exact) mass is 331 g/mol. The van der Waals surface area contributed by atoms with Gasteiger partial charge in [-0.2, -0.15) is 5.26 Å². The van der Waals surface area contributed by atoms with Gasteiger partial charge in [0.1, 0.15) is 18.5 Å². The summed E-state index contributed by atoms with van der Waals surface area (Å²) < 4.78 is 7.33. The Balaban J connectivity index is 1.86. The number of nitriles is 1. The second kappa shape index (κ2) is 8.82. The van der Waals surface area contributed by atoms with Crippen molar-refractivity contribution in [3.63, 3.8) is 0 Å². The smallest absolute Gasteiger partial charge is 0.183 e. The summed E-state index contributed by atoms with van der Waals surface area (Å²) in [6.07, 6.45) is 8.15. The van der Waals surface area contributed by atoms with Crippen LogP contribution in [0.2, 0.25) is 0 Å². The van der Waals surface area contributed by atoms with Gasteiger partial charge in [0.15, 0.2) is 11.4 Å². The highest BCUT2D eigenvalue weighted by Crippen LogP contribution is 2.19. The van der Waals surface area contributed by atoms with Crippen LogP contribution < -0.4 is 10.1 Å². The van der Waals surface area contributed by atoms with Gasteiger partial charge in [-0.1, -0.05) is 11.8 Å². The Kier molecular flexibility index (Phi) is 6.47. The van der Waals surface area contributed by atoms with Crippen molar-refractivity contribution in [3.8, 4) is 11.9 Å². The number of rotatable bonds is 6. The molecule has 0 amide bonds. The molecule has 1 aromatic carbocycles. The molecule has 7 nitrogen and oxygen atoms in total. The molecule has 0 saturated heterocycles. The summed E-state index contributed by atoms with van der Waals surface area (Å²) >= 11 is 1.35. The van der Waals surface area contributed by atoms with E-state index in [1.807, 2.05) is 12.4 Å². The van der Waals surface area contributed by atoms with E-state index in [0.29, 0.717) is 23.1 Å². The number of hydrogen-bond donors (Lipinski definition) is 2. The SMILES string of the molecule is CSC(=Nc1ccc(OCC(O)Cn2ccnc2)cc1)NC#N. The molecular weight excluding hydrogens is 314 g/mol. The highest BCUT2D eigenvalue weighted by atomic mass is 32.2. The molecule has 0 spiro atoms. The molecule has 2 aromatic rings. The lowest BCUT2D eigenvalue weighted by Crippen LogP contribution is -2.22. The maximum absolute atomic E-state index is 9.91. The first kappa shape index (κ1) is 16.9. The zero-order chi connectivity index (χ0) is 16.5. The number of aromatic nitrogens is 2. The van der Waals surface area contributed by atoms with Crippen LogP contribution >= 0.6 is 11.8 Å². The Morgan fingerprint density at radius 3 is 2.91 bits per heavy atom. The first-order chi connectivity index (χ1) is 11.2. The van der Waals surface area contributed by atoms with Gasteiger partial charge in [0.25, 0.3) is 0 Å². The summed E-state index contributed by atoms with van der Waals surface area (Å²) in [6.45, 7) is 0.617. The van der Waals surface area contributed by atoms with E-state index in [9.17, 15) is 5.11 Å². The Labute approximate surface area is 138 Å². The van der Waals surface area contributed by atoms with Gasteiger partial charge in [-0.3, -0.25) is 5.32 Å². The molecule has 1 atom stereocenters. The summed E-state index contributed by atoms with van der Waals surface area (Å²) in [4.78, 5) is 8.20.